The number of nitrogens with zero attached hydrogens (tertiary/aromatic N) is 1. The van der Waals surface area contributed by atoms with Gasteiger partial charge in [-0.1, -0.05) is 27.2 Å². The van der Waals surface area contributed by atoms with Crippen molar-refractivity contribution in [1.82, 2.24) is 10.2 Å². The summed E-state index contributed by atoms with van der Waals surface area (Å²) in [6, 6.07) is 0.791. The molecular formula is C16H34N2. The fourth-order valence-corrected chi connectivity index (χ4v) is 3.17. The molecule has 0 aromatic carbocycles. The van der Waals surface area contributed by atoms with Gasteiger partial charge in [0.15, 0.2) is 0 Å². The molecule has 108 valence electrons. The lowest BCUT2D eigenvalue weighted by atomic mass is 9.86. The first kappa shape index (κ1) is 16.0. The fraction of sp³-hybridized carbons (Fsp3) is 1.00. The number of piperidine rings is 1. The molecule has 1 rings (SSSR count). The van der Waals surface area contributed by atoms with E-state index in [0.717, 1.165) is 17.9 Å². The summed E-state index contributed by atoms with van der Waals surface area (Å²) >= 11 is 0. The van der Waals surface area contributed by atoms with Crippen LogP contribution in [0.3, 0.4) is 0 Å². The Balaban J connectivity index is 2.07. The van der Waals surface area contributed by atoms with Crippen LogP contribution in [0, 0.1) is 11.8 Å². The van der Waals surface area contributed by atoms with E-state index in [1.54, 1.807) is 0 Å². The van der Waals surface area contributed by atoms with Crippen LogP contribution in [0.5, 0.6) is 0 Å². The predicted molar refractivity (Wildman–Crippen MR) is 81.0 cm³/mol. The van der Waals surface area contributed by atoms with Crippen molar-refractivity contribution < 1.29 is 0 Å². The largest absolute Gasteiger partial charge is 0.317 e. The van der Waals surface area contributed by atoms with Crippen LogP contribution in [-0.4, -0.2) is 37.1 Å². The Kier molecular flexibility index (Phi) is 7.92. The second-order valence-electron chi connectivity index (χ2n) is 6.36. The summed E-state index contributed by atoms with van der Waals surface area (Å²) in [7, 11) is 0. The smallest absolute Gasteiger partial charge is 0.00927 e. The second kappa shape index (κ2) is 8.92. The van der Waals surface area contributed by atoms with Gasteiger partial charge in [0, 0.05) is 12.6 Å². The molecule has 0 aliphatic carbocycles. The lowest BCUT2D eigenvalue weighted by Gasteiger charge is -2.41. The van der Waals surface area contributed by atoms with Crippen molar-refractivity contribution in [3.63, 3.8) is 0 Å². The molecule has 3 atom stereocenters. The Labute approximate surface area is 115 Å². The Morgan fingerprint density at radius 2 is 1.83 bits per heavy atom. The third-order valence-electron chi connectivity index (χ3n) is 4.45. The molecule has 0 radical (unpaired) electrons. The van der Waals surface area contributed by atoms with Crippen LogP contribution in [-0.2, 0) is 0 Å². The van der Waals surface area contributed by atoms with Gasteiger partial charge in [-0.25, -0.2) is 0 Å². The van der Waals surface area contributed by atoms with Gasteiger partial charge < -0.3 is 10.2 Å². The van der Waals surface area contributed by atoms with E-state index >= 15 is 0 Å². The van der Waals surface area contributed by atoms with E-state index in [9.17, 15) is 0 Å². The summed E-state index contributed by atoms with van der Waals surface area (Å²) in [5, 5.41) is 3.48. The minimum atomic E-state index is 0.791. The van der Waals surface area contributed by atoms with Gasteiger partial charge in [-0.15, -0.1) is 0 Å². The normalized spacial score (nSPS) is 29.7. The number of hydrogen-bond acceptors (Lipinski definition) is 2. The minimum absolute atomic E-state index is 0.791. The van der Waals surface area contributed by atoms with E-state index in [2.05, 4.69) is 37.9 Å². The molecule has 0 spiro atoms. The van der Waals surface area contributed by atoms with Gasteiger partial charge in [-0.05, 0) is 64.1 Å². The maximum Gasteiger partial charge on any atom is 0.00927 e. The molecule has 2 heteroatoms. The topological polar surface area (TPSA) is 15.3 Å². The molecule has 0 aromatic rings. The molecule has 0 bridgehead atoms. The van der Waals surface area contributed by atoms with Gasteiger partial charge in [0.05, 0.1) is 0 Å². The summed E-state index contributed by atoms with van der Waals surface area (Å²) in [5.41, 5.74) is 0. The number of hydrogen-bond donors (Lipinski definition) is 1. The zero-order chi connectivity index (χ0) is 13.4. The van der Waals surface area contributed by atoms with Gasteiger partial charge in [0.2, 0.25) is 0 Å². The lowest BCUT2D eigenvalue weighted by molar-refractivity contribution is 0.0781. The number of unbranched alkanes of at least 4 members (excludes halogenated alkanes) is 2. The van der Waals surface area contributed by atoms with Gasteiger partial charge in [-0.3, -0.25) is 0 Å². The Morgan fingerprint density at radius 1 is 1.06 bits per heavy atom. The molecular weight excluding hydrogens is 220 g/mol. The summed E-state index contributed by atoms with van der Waals surface area (Å²) in [4.78, 5) is 2.72. The molecule has 18 heavy (non-hydrogen) atoms. The van der Waals surface area contributed by atoms with Crippen LogP contribution in [0.25, 0.3) is 0 Å². The van der Waals surface area contributed by atoms with Crippen LogP contribution in [0.1, 0.15) is 59.8 Å². The van der Waals surface area contributed by atoms with Gasteiger partial charge >= 0.3 is 0 Å². The molecule has 1 aliphatic rings. The quantitative estimate of drug-likeness (QED) is 0.667. The first-order valence-electron chi connectivity index (χ1n) is 8.09. The molecule has 1 N–H and O–H groups in total. The molecule has 1 heterocycles. The predicted octanol–water partition coefficient (Wildman–Crippen LogP) is 3.52. The van der Waals surface area contributed by atoms with Crippen LogP contribution >= 0.6 is 0 Å². The highest BCUT2D eigenvalue weighted by molar-refractivity contribution is 4.81. The average molecular weight is 254 g/mol. The molecule has 1 fully saturated rings. The summed E-state index contributed by atoms with van der Waals surface area (Å²) in [5.74, 6) is 1.77. The third kappa shape index (κ3) is 5.71. The highest BCUT2D eigenvalue weighted by Gasteiger charge is 2.27. The SMILES string of the molecule is CCCNCCCCCN1CC(C)CC(C)C1C. The lowest BCUT2D eigenvalue weighted by Crippen LogP contribution is -2.46. The Morgan fingerprint density at radius 3 is 2.56 bits per heavy atom. The zero-order valence-electron chi connectivity index (χ0n) is 13.0. The molecule has 1 aliphatic heterocycles. The molecule has 0 amide bonds. The van der Waals surface area contributed by atoms with E-state index in [-0.39, 0.29) is 0 Å². The van der Waals surface area contributed by atoms with Crippen LogP contribution in [0.4, 0.5) is 0 Å². The summed E-state index contributed by atoms with van der Waals surface area (Å²) in [6.07, 6.45) is 6.76. The number of rotatable bonds is 8. The van der Waals surface area contributed by atoms with Crippen molar-refractivity contribution in [3.8, 4) is 0 Å². The van der Waals surface area contributed by atoms with Crippen molar-refractivity contribution in [2.24, 2.45) is 11.8 Å². The maximum absolute atomic E-state index is 3.48. The molecule has 2 nitrogen and oxygen atoms in total. The molecule has 3 unspecified atom stereocenters. The average Bonchev–Trinajstić information content (AvgIpc) is 2.33. The van der Waals surface area contributed by atoms with Crippen molar-refractivity contribution in [2.75, 3.05) is 26.2 Å². The van der Waals surface area contributed by atoms with E-state index in [1.807, 2.05) is 0 Å². The zero-order valence-corrected chi connectivity index (χ0v) is 13.0. The van der Waals surface area contributed by atoms with E-state index in [0.29, 0.717) is 0 Å². The van der Waals surface area contributed by atoms with E-state index < -0.39 is 0 Å². The summed E-state index contributed by atoms with van der Waals surface area (Å²) in [6.45, 7) is 14.5. The van der Waals surface area contributed by atoms with E-state index in [1.165, 1.54) is 58.3 Å². The van der Waals surface area contributed by atoms with Gasteiger partial charge in [0.25, 0.3) is 0 Å². The summed E-state index contributed by atoms with van der Waals surface area (Å²) < 4.78 is 0. The standard InChI is InChI=1S/C16H34N2/c1-5-9-17-10-7-6-8-11-18-13-14(2)12-15(3)16(18)4/h14-17H,5-13H2,1-4H3. The third-order valence-corrected chi connectivity index (χ3v) is 4.45. The highest BCUT2D eigenvalue weighted by Crippen LogP contribution is 2.26. The monoisotopic (exact) mass is 254 g/mol. The molecule has 1 saturated heterocycles. The van der Waals surface area contributed by atoms with E-state index in [4.69, 9.17) is 0 Å². The maximum atomic E-state index is 3.48. The van der Waals surface area contributed by atoms with Crippen molar-refractivity contribution in [2.45, 2.75) is 65.8 Å². The highest BCUT2D eigenvalue weighted by atomic mass is 15.2. The number of nitrogens with one attached hydrogen (secondary N) is 1. The van der Waals surface area contributed by atoms with Gasteiger partial charge in [0.1, 0.15) is 0 Å². The molecule has 0 saturated carbocycles. The molecule has 0 aromatic heterocycles. The number of likely N-dealkylation sites (tertiary alicyclic amines) is 1. The first-order valence-corrected chi connectivity index (χ1v) is 8.09. The Bertz CT molecular complexity index is 205. The van der Waals surface area contributed by atoms with Crippen LogP contribution in [0.15, 0.2) is 0 Å². The van der Waals surface area contributed by atoms with Crippen LogP contribution in [0.2, 0.25) is 0 Å². The van der Waals surface area contributed by atoms with Crippen molar-refractivity contribution in [1.29, 1.82) is 0 Å². The van der Waals surface area contributed by atoms with Crippen molar-refractivity contribution in [3.05, 3.63) is 0 Å². The van der Waals surface area contributed by atoms with Crippen molar-refractivity contribution >= 4 is 0 Å². The van der Waals surface area contributed by atoms with Gasteiger partial charge in [-0.2, -0.15) is 0 Å². The van der Waals surface area contributed by atoms with Crippen LogP contribution < -0.4 is 5.32 Å². The first-order chi connectivity index (χ1) is 8.65. The minimum Gasteiger partial charge on any atom is -0.317 e. The second-order valence-corrected chi connectivity index (χ2v) is 6.36. The Hall–Kier alpha value is -0.0800. The fourth-order valence-electron chi connectivity index (χ4n) is 3.17.